The lowest BCUT2D eigenvalue weighted by Gasteiger charge is -2.34. The average molecular weight is 381 g/mol. The van der Waals surface area contributed by atoms with Gasteiger partial charge in [0.25, 0.3) is 0 Å². The fraction of sp³-hybridized carbons (Fsp3) is 0.333. The maximum Gasteiger partial charge on any atom is 0.317 e. The van der Waals surface area contributed by atoms with Gasteiger partial charge in [0.15, 0.2) is 0 Å². The van der Waals surface area contributed by atoms with E-state index in [0.29, 0.717) is 6.54 Å². The van der Waals surface area contributed by atoms with Crippen LogP contribution in [0.1, 0.15) is 16.1 Å². The molecular formula is C21H24N4OS. The van der Waals surface area contributed by atoms with Crippen molar-refractivity contribution in [2.45, 2.75) is 20.0 Å². The number of carbonyl (C=O) groups is 1. The number of benzene rings is 2. The van der Waals surface area contributed by atoms with Crippen molar-refractivity contribution in [2.24, 2.45) is 0 Å². The number of nitrogens with zero attached hydrogens (tertiary/aromatic N) is 3. The van der Waals surface area contributed by atoms with Crippen LogP contribution in [0.2, 0.25) is 0 Å². The van der Waals surface area contributed by atoms with Gasteiger partial charge in [0.05, 0.1) is 16.8 Å². The van der Waals surface area contributed by atoms with Crippen molar-refractivity contribution in [3.05, 3.63) is 64.7 Å². The molecule has 0 atom stereocenters. The molecule has 1 saturated heterocycles. The summed E-state index contributed by atoms with van der Waals surface area (Å²) in [5.41, 5.74) is 3.63. The second-order valence-electron chi connectivity index (χ2n) is 6.99. The lowest BCUT2D eigenvalue weighted by Crippen LogP contribution is -2.51. The van der Waals surface area contributed by atoms with Crippen LogP contribution in [-0.4, -0.2) is 47.0 Å². The van der Waals surface area contributed by atoms with Gasteiger partial charge < -0.3 is 10.2 Å². The second kappa shape index (κ2) is 8.06. The van der Waals surface area contributed by atoms with Gasteiger partial charge in [0, 0.05) is 32.7 Å². The number of rotatable bonds is 4. The molecule has 1 aliphatic heterocycles. The zero-order chi connectivity index (χ0) is 18.6. The Morgan fingerprint density at radius 2 is 1.93 bits per heavy atom. The van der Waals surface area contributed by atoms with Crippen molar-refractivity contribution in [1.29, 1.82) is 0 Å². The molecule has 2 heterocycles. The Kier molecular flexibility index (Phi) is 5.36. The molecule has 0 aliphatic carbocycles. The minimum atomic E-state index is 0.00413. The van der Waals surface area contributed by atoms with Crippen LogP contribution in [0.3, 0.4) is 0 Å². The molecule has 27 heavy (non-hydrogen) atoms. The summed E-state index contributed by atoms with van der Waals surface area (Å²) in [4.78, 5) is 21.4. The standard InChI is InChI=1S/C21H24N4OS/c1-16-5-4-6-17(13-16)15-24-9-11-25(12-10-24)21(26)22-14-20-23-18-7-2-3-8-19(18)27-20/h2-8,13H,9-12,14-15H2,1H3,(H,22,26). The number of hydrogen-bond donors (Lipinski definition) is 1. The highest BCUT2D eigenvalue weighted by Gasteiger charge is 2.21. The van der Waals surface area contributed by atoms with Crippen molar-refractivity contribution >= 4 is 27.6 Å². The molecule has 5 nitrogen and oxygen atoms in total. The highest BCUT2D eigenvalue weighted by atomic mass is 32.1. The van der Waals surface area contributed by atoms with Crippen molar-refractivity contribution in [3.8, 4) is 0 Å². The molecule has 1 aromatic heterocycles. The number of amides is 2. The maximum absolute atomic E-state index is 12.5. The monoisotopic (exact) mass is 380 g/mol. The molecule has 140 valence electrons. The first-order chi connectivity index (χ1) is 13.2. The first-order valence-electron chi connectivity index (χ1n) is 9.32. The summed E-state index contributed by atoms with van der Waals surface area (Å²) in [5, 5.41) is 3.96. The number of carbonyl (C=O) groups excluding carboxylic acids is 1. The second-order valence-corrected chi connectivity index (χ2v) is 8.10. The van der Waals surface area contributed by atoms with Gasteiger partial charge in [-0.3, -0.25) is 4.90 Å². The molecule has 1 aliphatic rings. The number of nitrogens with one attached hydrogen (secondary N) is 1. The van der Waals surface area contributed by atoms with Crippen molar-refractivity contribution in [3.63, 3.8) is 0 Å². The maximum atomic E-state index is 12.5. The van der Waals surface area contributed by atoms with E-state index in [1.54, 1.807) is 11.3 Å². The summed E-state index contributed by atoms with van der Waals surface area (Å²) in [6, 6.07) is 16.7. The number of urea groups is 1. The van der Waals surface area contributed by atoms with Crippen LogP contribution < -0.4 is 5.32 Å². The Morgan fingerprint density at radius 3 is 2.70 bits per heavy atom. The highest BCUT2D eigenvalue weighted by Crippen LogP contribution is 2.21. The number of para-hydroxylation sites is 1. The first-order valence-corrected chi connectivity index (χ1v) is 10.1. The fourth-order valence-corrected chi connectivity index (χ4v) is 4.34. The summed E-state index contributed by atoms with van der Waals surface area (Å²) in [7, 11) is 0. The fourth-order valence-electron chi connectivity index (χ4n) is 3.44. The molecule has 1 fully saturated rings. The van der Waals surface area contributed by atoms with Gasteiger partial charge >= 0.3 is 6.03 Å². The quantitative estimate of drug-likeness (QED) is 0.752. The van der Waals surface area contributed by atoms with Crippen LogP contribution in [0.4, 0.5) is 4.79 Å². The summed E-state index contributed by atoms with van der Waals surface area (Å²) in [6.45, 7) is 6.89. The number of fused-ring (bicyclic) bond motifs is 1. The molecule has 0 saturated carbocycles. The van der Waals surface area contributed by atoms with Crippen LogP contribution in [0.15, 0.2) is 48.5 Å². The summed E-state index contributed by atoms with van der Waals surface area (Å²) in [5.74, 6) is 0. The Balaban J connectivity index is 1.25. The largest absolute Gasteiger partial charge is 0.331 e. The summed E-state index contributed by atoms with van der Waals surface area (Å²) in [6.07, 6.45) is 0. The van der Waals surface area contributed by atoms with E-state index in [4.69, 9.17) is 0 Å². The van der Waals surface area contributed by atoms with Crippen molar-refractivity contribution in [2.75, 3.05) is 26.2 Å². The van der Waals surface area contributed by atoms with Crippen LogP contribution in [0, 0.1) is 6.92 Å². The third-order valence-electron chi connectivity index (χ3n) is 4.88. The third-order valence-corrected chi connectivity index (χ3v) is 5.91. The van der Waals surface area contributed by atoms with Crippen LogP contribution in [0.5, 0.6) is 0 Å². The van der Waals surface area contributed by atoms with E-state index in [-0.39, 0.29) is 6.03 Å². The predicted molar refractivity (Wildman–Crippen MR) is 110 cm³/mol. The molecule has 0 unspecified atom stereocenters. The molecular weight excluding hydrogens is 356 g/mol. The van der Waals surface area contributed by atoms with Gasteiger partial charge in [0.2, 0.25) is 0 Å². The van der Waals surface area contributed by atoms with Gasteiger partial charge in [-0.1, -0.05) is 42.0 Å². The van der Waals surface area contributed by atoms with E-state index >= 15 is 0 Å². The lowest BCUT2D eigenvalue weighted by molar-refractivity contribution is 0.135. The topological polar surface area (TPSA) is 48.5 Å². The number of thiazole rings is 1. The molecule has 0 bridgehead atoms. The Hall–Kier alpha value is -2.44. The van der Waals surface area contributed by atoms with Gasteiger partial charge in [-0.2, -0.15) is 0 Å². The van der Waals surface area contributed by atoms with E-state index in [1.807, 2.05) is 23.1 Å². The Morgan fingerprint density at radius 1 is 1.11 bits per heavy atom. The lowest BCUT2D eigenvalue weighted by atomic mass is 10.1. The van der Waals surface area contributed by atoms with E-state index in [2.05, 4.69) is 52.5 Å². The van der Waals surface area contributed by atoms with E-state index in [0.717, 1.165) is 47.9 Å². The highest BCUT2D eigenvalue weighted by molar-refractivity contribution is 7.18. The van der Waals surface area contributed by atoms with Crippen molar-refractivity contribution < 1.29 is 4.79 Å². The molecule has 3 aromatic rings. The molecule has 2 aromatic carbocycles. The molecule has 6 heteroatoms. The zero-order valence-electron chi connectivity index (χ0n) is 15.5. The number of piperazine rings is 1. The molecule has 2 amide bonds. The average Bonchev–Trinajstić information content (AvgIpc) is 3.10. The number of hydrogen-bond acceptors (Lipinski definition) is 4. The van der Waals surface area contributed by atoms with Gasteiger partial charge in [-0.05, 0) is 24.6 Å². The van der Waals surface area contributed by atoms with Crippen molar-refractivity contribution in [1.82, 2.24) is 20.1 Å². The minimum absolute atomic E-state index is 0.00413. The zero-order valence-corrected chi connectivity index (χ0v) is 16.3. The predicted octanol–water partition coefficient (Wildman–Crippen LogP) is 3.63. The normalized spacial score (nSPS) is 15.2. The van der Waals surface area contributed by atoms with Gasteiger partial charge in [-0.15, -0.1) is 11.3 Å². The first kappa shape index (κ1) is 17.9. The van der Waals surface area contributed by atoms with Crippen LogP contribution >= 0.6 is 11.3 Å². The summed E-state index contributed by atoms with van der Waals surface area (Å²) >= 11 is 1.64. The Bertz CT molecular complexity index is 898. The Labute approximate surface area is 163 Å². The SMILES string of the molecule is Cc1cccc(CN2CCN(C(=O)NCc3nc4ccccc4s3)CC2)c1. The van der Waals surface area contributed by atoms with Crippen LogP contribution in [0.25, 0.3) is 10.2 Å². The summed E-state index contributed by atoms with van der Waals surface area (Å²) < 4.78 is 1.16. The van der Waals surface area contributed by atoms with Gasteiger partial charge in [0.1, 0.15) is 5.01 Å². The van der Waals surface area contributed by atoms with Gasteiger partial charge in [-0.25, -0.2) is 9.78 Å². The molecule has 0 radical (unpaired) electrons. The minimum Gasteiger partial charge on any atom is -0.331 e. The number of aromatic nitrogens is 1. The molecule has 0 spiro atoms. The molecule has 1 N–H and O–H groups in total. The smallest absolute Gasteiger partial charge is 0.317 e. The molecule has 4 rings (SSSR count). The third kappa shape index (κ3) is 4.46. The van der Waals surface area contributed by atoms with E-state index in [1.165, 1.54) is 11.1 Å². The van der Waals surface area contributed by atoms with E-state index < -0.39 is 0 Å². The number of aryl methyl sites for hydroxylation is 1. The van der Waals surface area contributed by atoms with E-state index in [9.17, 15) is 4.79 Å². The van der Waals surface area contributed by atoms with Crippen LogP contribution in [-0.2, 0) is 13.1 Å².